The molecule has 0 aliphatic carbocycles. The number of carbonyl (C=O) groups is 2. The molecule has 0 aromatic heterocycles. The highest BCUT2D eigenvalue weighted by molar-refractivity contribution is 5.93. The number of nitrogens with zero attached hydrogens (tertiary/aromatic N) is 2. The molecule has 1 aromatic rings. The van der Waals surface area contributed by atoms with Crippen molar-refractivity contribution >= 4 is 17.5 Å². The van der Waals surface area contributed by atoms with Crippen LogP contribution in [0.5, 0.6) is 0 Å². The van der Waals surface area contributed by atoms with E-state index in [4.69, 9.17) is 0 Å². The summed E-state index contributed by atoms with van der Waals surface area (Å²) in [6.07, 6.45) is 2.43. The van der Waals surface area contributed by atoms with Gasteiger partial charge >= 0.3 is 0 Å². The van der Waals surface area contributed by atoms with Crippen LogP contribution in [0, 0.1) is 13.8 Å². The van der Waals surface area contributed by atoms with Gasteiger partial charge in [0, 0.05) is 39.2 Å². The molecule has 0 heterocycles. The van der Waals surface area contributed by atoms with Gasteiger partial charge in [-0.2, -0.15) is 0 Å². The molecule has 0 saturated heterocycles. The summed E-state index contributed by atoms with van der Waals surface area (Å²) in [6.45, 7) is 8.85. The Labute approximate surface area is 134 Å². The van der Waals surface area contributed by atoms with Crippen LogP contribution in [0.1, 0.15) is 44.2 Å². The van der Waals surface area contributed by atoms with Gasteiger partial charge in [0.05, 0.1) is 0 Å². The minimum absolute atomic E-state index is 0.0299. The normalized spacial score (nSPS) is 10.4. The number of rotatable bonds is 7. The molecule has 0 fully saturated rings. The molecular weight excluding hydrogens is 276 g/mol. The minimum atomic E-state index is -0.0299. The van der Waals surface area contributed by atoms with Crippen molar-refractivity contribution in [2.75, 3.05) is 25.0 Å². The monoisotopic (exact) mass is 304 g/mol. The summed E-state index contributed by atoms with van der Waals surface area (Å²) in [6, 6.07) is 6.04. The van der Waals surface area contributed by atoms with Gasteiger partial charge < -0.3 is 9.80 Å². The number of hydrogen-bond donors (Lipinski definition) is 0. The molecule has 0 N–H and O–H groups in total. The van der Waals surface area contributed by atoms with E-state index >= 15 is 0 Å². The molecule has 0 atom stereocenters. The molecule has 0 bridgehead atoms. The fourth-order valence-corrected chi connectivity index (χ4v) is 2.38. The highest BCUT2D eigenvalue weighted by atomic mass is 16.2. The number of hydrogen-bond acceptors (Lipinski definition) is 2. The maximum atomic E-state index is 12.1. The van der Waals surface area contributed by atoms with E-state index in [-0.39, 0.29) is 11.8 Å². The molecule has 0 aliphatic rings. The van der Waals surface area contributed by atoms with E-state index in [1.165, 1.54) is 0 Å². The molecule has 2 amide bonds. The molecule has 0 spiro atoms. The van der Waals surface area contributed by atoms with Crippen molar-refractivity contribution in [1.82, 2.24) is 4.90 Å². The Morgan fingerprint density at radius 2 is 1.82 bits per heavy atom. The number of carbonyl (C=O) groups excluding carboxylic acids is 2. The summed E-state index contributed by atoms with van der Waals surface area (Å²) in [5, 5.41) is 0. The lowest BCUT2D eigenvalue weighted by atomic mass is 10.1. The van der Waals surface area contributed by atoms with Crippen molar-refractivity contribution in [2.45, 2.75) is 47.0 Å². The quantitative estimate of drug-likeness (QED) is 0.775. The van der Waals surface area contributed by atoms with Crippen LogP contribution >= 0.6 is 0 Å². The smallest absolute Gasteiger partial charge is 0.224 e. The third-order valence-corrected chi connectivity index (χ3v) is 3.86. The van der Waals surface area contributed by atoms with Gasteiger partial charge in [-0.05, 0) is 37.5 Å². The molecule has 1 aromatic carbocycles. The number of amides is 2. The molecule has 122 valence electrons. The second-order valence-electron chi connectivity index (χ2n) is 5.88. The lowest BCUT2D eigenvalue weighted by Gasteiger charge is -2.25. The van der Waals surface area contributed by atoms with Crippen molar-refractivity contribution in [3.8, 4) is 0 Å². The number of anilines is 1. The first-order valence-electron chi connectivity index (χ1n) is 7.96. The van der Waals surface area contributed by atoms with Crippen LogP contribution < -0.4 is 4.90 Å². The maximum Gasteiger partial charge on any atom is 0.224 e. The van der Waals surface area contributed by atoms with Crippen molar-refractivity contribution in [2.24, 2.45) is 0 Å². The standard InChI is InChI=1S/C18H28N2O2/c1-6-7-11-19(5)18(22)10-12-20(16(4)21)17-13-14(2)8-9-15(17)3/h8-9,13H,6-7,10-12H2,1-5H3. The van der Waals surface area contributed by atoms with Gasteiger partial charge in [-0.1, -0.05) is 25.5 Å². The Hall–Kier alpha value is -1.84. The summed E-state index contributed by atoms with van der Waals surface area (Å²) in [7, 11) is 1.83. The zero-order valence-corrected chi connectivity index (χ0v) is 14.5. The largest absolute Gasteiger partial charge is 0.346 e. The molecule has 0 saturated carbocycles. The minimum Gasteiger partial charge on any atom is -0.346 e. The Kier molecular flexibility index (Phi) is 7.09. The van der Waals surface area contributed by atoms with Crippen LogP contribution in [-0.2, 0) is 9.59 Å². The SMILES string of the molecule is CCCCN(C)C(=O)CCN(C(C)=O)c1cc(C)ccc1C. The fraction of sp³-hybridized carbons (Fsp3) is 0.556. The highest BCUT2D eigenvalue weighted by Gasteiger charge is 2.17. The van der Waals surface area contributed by atoms with Crippen molar-refractivity contribution < 1.29 is 9.59 Å². The van der Waals surface area contributed by atoms with Crippen LogP contribution in [0.25, 0.3) is 0 Å². The molecule has 4 nitrogen and oxygen atoms in total. The number of benzene rings is 1. The number of aryl methyl sites for hydroxylation is 2. The molecule has 4 heteroatoms. The van der Waals surface area contributed by atoms with Crippen molar-refractivity contribution in [3.63, 3.8) is 0 Å². The average Bonchev–Trinajstić information content (AvgIpc) is 2.47. The zero-order valence-electron chi connectivity index (χ0n) is 14.5. The lowest BCUT2D eigenvalue weighted by molar-refractivity contribution is -0.129. The van der Waals surface area contributed by atoms with Gasteiger partial charge in [-0.25, -0.2) is 0 Å². The van der Waals surface area contributed by atoms with Gasteiger partial charge in [0.15, 0.2) is 0 Å². The van der Waals surface area contributed by atoms with E-state index in [9.17, 15) is 9.59 Å². The average molecular weight is 304 g/mol. The van der Waals surface area contributed by atoms with E-state index in [0.29, 0.717) is 13.0 Å². The van der Waals surface area contributed by atoms with E-state index in [1.54, 1.807) is 16.7 Å². The van der Waals surface area contributed by atoms with Crippen LogP contribution in [0.2, 0.25) is 0 Å². The molecule has 0 radical (unpaired) electrons. The lowest BCUT2D eigenvalue weighted by Crippen LogP contribution is -2.35. The Bertz CT molecular complexity index is 526. The highest BCUT2D eigenvalue weighted by Crippen LogP contribution is 2.22. The maximum absolute atomic E-state index is 12.1. The first-order chi connectivity index (χ1) is 10.4. The Morgan fingerprint density at radius 1 is 1.14 bits per heavy atom. The molecular formula is C18H28N2O2. The van der Waals surface area contributed by atoms with E-state index in [2.05, 4.69) is 6.92 Å². The van der Waals surface area contributed by atoms with E-state index in [0.717, 1.165) is 36.2 Å². The van der Waals surface area contributed by atoms with Gasteiger partial charge in [-0.15, -0.1) is 0 Å². The fourth-order valence-electron chi connectivity index (χ4n) is 2.38. The second-order valence-corrected chi connectivity index (χ2v) is 5.88. The summed E-state index contributed by atoms with van der Waals surface area (Å²) in [4.78, 5) is 27.6. The van der Waals surface area contributed by atoms with Crippen molar-refractivity contribution in [1.29, 1.82) is 0 Å². The van der Waals surface area contributed by atoms with E-state index < -0.39 is 0 Å². The Morgan fingerprint density at radius 3 is 2.41 bits per heavy atom. The van der Waals surface area contributed by atoms with Crippen LogP contribution in [-0.4, -0.2) is 36.9 Å². The molecule has 1 rings (SSSR count). The van der Waals surface area contributed by atoms with Crippen LogP contribution in [0.4, 0.5) is 5.69 Å². The predicted octanol–water partition coefficient (Wildman–Crippen LogP) is 3.30. The zero-order chi connectivity index (χ0) is 16.7. The van der Waals surface area contributed by atoms with Gasteiger partial charge in [-0.3, -0.25) is 9.59 Å². The number of unbranched alkanes of at least 4 members (excludes halogenated alkanes) is 1. The van der Waals surface area contributed by atoms with Gasteiger partial charge in [0.25, 0.3) is 0 Å². The van der Waals surface area contributed by atoms with Crippen LogP contribution in [0.15, 0.2) is 18.2 Å². The van der Waals surface area contributed by atoms with Gasteiger partial charge in [0.2, 0.25) is 11.8 Å². The summed E-state index contributed by atoms with van der Waals surface area (Å²) < 4.78 is 0. The van der Waals surface area contributed by atoms with Crippen LogP contribution in [0.3, 0.4) is 0 Å². The second kappa shape index (κ2) is 8.57. The third kappa shape index (κ3) is 5.17. The first kappa shape index (κ1) is 18.2. The predicted molar refractivity (Wildman–Crippen MR) is 91.1 cm³/mol. The van der Waals surface area contributed by atoms with Gasteiger partial charge in [0.1, 0.15) is 0 Å². The van der Waals surface area contributed by atoms with E-state index in [1.807, 2.05) is 39.1 Å². The topological polar surface area (TPSA) is 40.6 Å². The molecule has 22 heavy (non-hydrogen) atoms. The first-order valence-corrected chi connectivity index (χ1v) is 7.96. The third-order valence-electron chi connectivity index (χ3n) is 3.86. The summed E-state index contributed by atoms with van der Waals surface area (Å²) >= 11 is 0. The summed E-state index contributed by atoms with van der Waals surface area (Å²) in [5.74, 6) is 0.0581. The van der Waals surface area contributed by atoms with Crippen molar-refractivity contribution in [3.05, 3.63) is 29.3 Å². The Balaban J connectivity index is 2.75. The molecule has 0 aliphatic heterocycles. The summed E-state index contributed by atoms with van der Waals surface area (Å²) in [5.41, 5.74) is 3.06. The molecule has 0 unspecified atom stereocenters.